The fraction of sp³-hybridized carbons (Fsp3) is 0.615. The van der Waals surface area contributed by atoms with Crippen LogP contribution in [0.25, 0.3) is 0 Å². The van der Waals surface area contributed by atoms with Crippen LogP contribution < -0.4 is 16.2 Å². The topological polar surface area (TPSA) is 111 Å². The molecule has 118 valence electrons. The van der Waals surface area contributed by atoms with Crippen LogP contribution in [0.5, 0.6) is 0 Å². The van der Waals surface area contributed by atoms with E-state index in [-0.39, 0.29) is 34.2 Å². The van der Waals surface area contributed by atoms with Crippen LogP contribution in [-0.2, 0) is 10.0 Å². The van der Waals surface area contributed by atoms with Gasteiger partial charge in [0.05, 0.1) is 5.02 Å². The summed E-state index contributed by atoms with van der Waals surface area (Å²) in [4.78, 5) is 3.69. The smallest absolute Gasteiger partial charge is 0.244 e. The lowest BCUT2D eigenvalue weighted by atomic mass is 9.84. The molecule has 0 bridgehead atoms. The Morgan fingerprint density at radius 2 is 2.05 bits per heavy atom. The molecule has 0 spiro atoms. The van der Waals surface area contributed by atoms with E-state index in [1.54, 1.807) is 0 Å². The van der Waals surface area contributed by atoms with E-state index in [0.717, 1.165) is 25.7 Å². The number of rotatable bonds is 5. The third-order valence-corrected chi connectivity index (χ3v) is 5.64. The number of nitrogens with two attached hydrogens (primary N) is 2. The van der Waals surface area contributed by atoms with Crippen LogP contribution in [0.2, 0.25) is 5.02 Å². The van der Waals surface area contributed by atoms with Crippen molar-refractivity contribution in [2.24, 2.45) is 11.7 Å². The summed E-state index contributed by atoms with van der Waals surface area (Å²) >= 11 is 5.81. The monoisotopic (exact) mass is 332 g/mol. The number of halogens is 1. The molecule has 1 aliphatic carbocycles. The third kappa shape index (κ3) is 4.06. The Morgan fingerprint density at radius 1 is 1.38 bits per heavy atom. The first kappa shape index (κ1) is 16.5. The van der Waals surface area contributed by atoms with Crippen LogP contribution in [0.3, 0.4) is 0 Å². The van der Waals surface area contributed by atoms with E-state index in [9.17, 15) is 8.42 Å². The predicted molar refractivity (Wildman–Crippen MR) is 83.4 cm³/mol. The fourth-order valence-electron chi connectivity index (χ4n) is 2.78. The zero-order valence-corrected chi connectivity index (χ0v) is 13.3. The van der Waals surface area contributed by atoms with E-state index in [1.165, 1.54) is 18.7 Å². The molecule has 0 saturated heterocycles. The molecule has 5 N–H and O–H groups in total. The second-order valence-electron chi connectivity index (χ2n) is 5.40. The number of hydrogen-bond acceptors (Lipinski definition) is 5. The first-order valence-corrected chi connectivity index (χ1v) is 8.93. The summed E-state index contributed by atoms with van der Waals surface area (Å²) in [6, 6.07) is 1.02. The van der Waals surface area contributed by atoms with Crippen molar-refractivity contribution in [2.75, 3.05) is 12.3 Å². The molecule has 0 amide bonds. The number of hydrogen-bond donors (Lipinski definition) is 3. The Labute approximate surface area is 130 Å². The largest absolute Gasteiger partial charge is 0.383 e. The van der Waals surface area contributed by atoms with Gasteiger partial charge in [0.2, 0.25) is 10.0 Å². The van der Waals surface area contributed by atoms with Crippen molar-refractivity contribution in [3.8, 4) is 0 Å². The lowest BCUT2D eigenvalue weighted by molar-refractivity contribution is 0.294. The molecule has 0 aromatic carbocycles. The third-order valence-electron chi connectivity index (χ3n) is 3.92. The normalized spacial score (nSPS) is 18.6. The van der Waals surface area contributed by atoms with Gasteiger partial charge in [0.25, 0.3) is 0 Å². The van der Waals surface area contributed by atoms with Gasteiger partial charge in [-0.25, -0.2) is 18.1 Å². The molecule has 1 aromatic rings. The molecule has 8 heteroatoms. The predicted octanol–water partition coefficient (Wildman–Crippen LogP) is 1.50. The molecule has 1 atom stereocenters. The number of nitrogen functional groups attached to an aromatic ring is 1. The quantitative estimate of drug-likeness (QED) is 0.756. The van der Waals surface area contributed by atoms with Gasteiger partial charge in [0.15, 0.2) is 0 Å². The zero-order valence-electron chi connectivity index (χ0n) is 11.8. The van der Waals surface area contributed by atoms with E-state index in [0.29, 0.717) is 0 Å². The first-order valence-electron chi connectivity index (χ1n) is 7.07. The average molecular weight is 333 g/mol. The van der Waals surface area contributed by atoms with Crippen molar-refractivity contribution < 1.29 is 8.42 Å². The molecule has 2 rings (SSSR count). The number of sulfonamides is 1. The van der Waals surface area contributed by atoms with Crippen molar-refractivity contribution in [3.05, 3.63) is 17.3 Å². The zero-order chi connectivity index (χ0) is 15.5. The molecular weight excluding hydrogens is 312 g/mol. The highest BCUT2D eigenvalue weighted by Crippen LogP contribution is 2.28. The SMILES string of the molecule is NCC(NS(=O)(=O)c1cc(Cl)cnc1N)C1CCCCC1. The number of aromatic nitrogens is 1. The summed E-state index contributed by atoms with van der Waals surface area (Å²) in [7, 11) is -3.78. The number of pyridine rings is 1. The highest BCUT2D eigenvalue weighted by atomic mass is 35.5. The molecule has 21 heavy (non-hydrogen) atoms. The number of nitrogens with one attached hydrogen (secondary N) is 1. The van der Waals surface area contributed by atoms with Gasteiger partial charge in [0, 0.05) is 18.8 Å². The molecule has 1 saturated carbocycles. The summed E-state index contributed by atoms with van der Waals surface area (Å²) in [6.07, 6.45) is 6.73. The Balaban J connectivity index is 2.20. The minimum absolute atomic E-state index is 0.0636. The molecular formula is C13H21ClN4O2S. The van der Waals surface area contributed by atoms with Crippen LogP contribution in [0.15, 0.2) is 17.2 Å². The van der Waals surface area contributed by atoms with Crippen molar-refractivity contribution in [3.63, 3.8) is 0 Å². The van der Waals surface area contributed by atoms with Crippen molar-refractivity contribution in [1.82, 2.24) is 9.71 Å². The summed E-state index contributed by atoms with van der Waals surface area (Å²) in [5, 5.41) is 0.228. The first-order chi connectivity index (χ1) is 9.94. The fourth-order valence-corrected chi connectivity index (χ4v) is 4.43. The maximum Gasteiger partial charge on any atom is 0.244 e. The van der Waals surface area contributed by atoms with Crippen molar-refractivity contribution in [2.45, 2.75) is 43.0 Å². The minimum Gasteiger partial charge on any atom is -0.383 e. The van der Waals surface area contributed by atoms with Crippen LogP contribution in [0, 0.1) is 5.92 Å². The van der Waals surface area contributed by atoms with E-state index >= 15 is 0 Å². The molecule has 1 unspecified atom stereocenters. The van der Waals surface area contributed by atoms with E-state index in [1.807, 2.05) is 0 Å². The lowest BCUT2D eigenvalue weighted by Crippen LogP contribution is -2.45. The molecule has 1 aromatic heterocycles. The van der Waals surface area contributed by atoms with E-state index in [2.05, 4.69) is 9.71 Å². The summed E-state index contributed by atoms with van der Waals surface area (Å²) in [6.45, 7) is 0.262. The molecule has 1 fully saturated rings. The van der Waals surface area contributed by atoms with Crippen LogP contribution >= 0.6 is 11.6 Å². The van der Waals surface area contributed by atoms with Crippen LogP contribution in [-0.4, -0.2) is 26.0 Å². The lowest BCUT2D eigenvalue weighted by Gasteiger charge is -2.29. The van der Waals surface area contributed by atoms with Gasteiger partial charge in [-0.1, -0.05) is 30.9 Å². The van der Waals surface area contributed by atoms with Gasteiger partial charge >= 0.3 is 0 Å². The van der Waals surface area contributed by atoms with E-state index in [4.69, 9.17) is 23.1 Å². The Kier molecular flexibility index (Phi) is 5.43. The van der Waals surface area contributed by atoms with Gasteiger partial charge in [0.1, 0.15) is 10.7 Å². The summed E-state index contributed by atoms with van der Waals surface area (Å²) in [5.74, 6) is 0.207. The van der Waals surface area contributed by atoms with Gasteiger partial charge < -0.3 is 11.5 Å². The number of anilines is 1. The average Bonchev–Trinajstić information content (AvgIpc) is 2.48. The van der Waals surface area contributed by atoms with Gasteiger partial charge in [-0.3, -0.25) is 0 Å². The van der Waals surface area contributed by atoms with Crippen molar-refractivity contribution in [1.29, 1.82) is 0 Å². The summed E-state index contributed by atoms with van der Waals surface area (Å²) in [5.41, 5.74) is 11.4. The Hall–Kier alpha value is -0.890. The maximum absolute atomic E-state index is 12.5. The Morgan fingerprint density at radius 3 is 2.67 bits per heavy atom. The van der Waals surface area contributed by atoms with Gasteiger partial charge in [-0.05, 0) is 24.8 Å². The number of nitrogens with zero attached hydrogens (tertiary/aromatic N) is 1. The van der Waals surface area contributed by atoms with Gasteiger partial charge in [-0.2, -0.15) is 0 Å². The second-order valence-corrected chi connectivity index (χ2v) is 7.52. The highest BCUT2D eigenvalue weighted by molar-refractivity contribution is 7.89. The molecule has 0 radical (unpaired) electrons. The van der Waals surface area contributed by atoms with Crippen LogP contribution in [0.4, 0.5) is 5.82 Å². The standard InChI is InChI=1S/C13H21ClN4O2S/c14-10-6-12(13(16)17-8-10)21(19,20)18-11(7-15)9-4-2-1-3-5-9/h6,8-9,11,18H,1-5,7,15H2,(H2,16,17). The minimum atomic E-state index is -3.78. The molecule has 0 aliphatic heterocycles. The Bertz CT molecular complexity index is 588. The van der Waals surface area contributed by atoms with Crippen LogP contribution in [0.1, 0.15) is 32.1 Å². The van der Waals surface area contributed by atoms with Crippen molar-refractivity contribution >= 4 is 27.4 Å². The second kappa shape index (κ2) is 6.91. The molecule has 1 heterocycles. The maximum atomic E-state index is 12.5. The van der Waals surface area contributed by atoms with Gasteiger partial charge in [-0.15, -0.1) is 0 Å². The summed E-state index contributed by atoms with van der Waals surface area (Å²) < 4.78 is 27.6. The molecule has 1 aliphatic rings. The highest BCUT2D eigenvalue weighted by Gasteiger charge is 2.28. The van der Waals surface area contributed by atoms with E-state index < -0.39 is 10.0 Å². The molecule has 6 nitrogen and oxygen atoms in total.